The van der Waals surface area contributed by atoms with Gasteiger partial charge in [0.25, 0.3) is 0 Å². The highest BCUT2D eigenvalue weighted by atomic mass is 16.3. The molecule has 2 atom stereocenters. The van der Waals surface area contributed by atoms with Gasteiger partial charge in [0.15, 0.2) is 0 Å². The summed E-state index contributed by atoms with van der Waals surface area (Å²) in [4.78, 5) is 0. The molecule has 3 N–H and O–H groups in total. The molecule has 0 amide bonds. The molecule has 0 radical (unpaired) electrons. The summed E-state index contributed by atoms with van der Waals surface area (Å²) in [6, 6.07) is 0. The average molecular weight is 173 g/mol. The maximum atomic E-state index is 9.56. The van der Waals surface area contributed by atoms with Crippen LogP contribution in [-0.2, 0) is 0 Å². The zero-order valence-corrected chi connectivity index (χ0v) is 7.88. The standard InChI is InChI=1S/C9H19NO2/c1-9(2)6-7(4-3-5-11)8(12)10-9/h7-8,10-12H,3-6H2,1-2H3. The van der Waals surface area contributed by atoms with E-state index in [-0.39, 0.29) is 18.4 Å². The number of aliphatic hydroxyl groups is 2. The van der Waals surface area contributed by atoms with Gasteiger partial charge < -0.3 is 10.2 Å². The van der Waals surface area contributed by atoms with E-state index in [4.69, 9.17) is 5.11 Å². The molecule has 1 aliphatic rings. The fraction of sp³-hybridized carbons (Fsp3) is 1.00. The minimum atomic E-state index is -0.383. The highest BCUT2D eigenvalue weighted by Crippen LogP contribution is 2.30. The summed E-state index contributed by atoms with van der Waals surface area (Å²) >= 11 is 0. The molecule has 1 aliphatic heterocycles. The molecule has 3 heteroatoms. The fourth-order valence-electron chi connectivity index (χ4n) is 1.96. The van der Waals surface area contributed by atoms with Gasteiger partial charge in [-0.2, -0.15) is 0 Å². The minimum Gasteiger partial charge on any atom is -0.396 e. The van der Waals surface area contributed by atoms with Crippen LogP contribution in [0.1, 0.15) is 33.1 Å². The smallest absolute Gasteiger partial charge is 0.108 e. The van der Waals surface area contributed by atoms with Gasteiger partial charge >= 0.3 is 0 Å². The van der Waals surface area contributed by atoms with Crippen molar-refractivity contribution >= 4 is 0 Å². The molecule has 0 aromatic rings. The van der Waals surface area contributed by atoms with E-state index in [1.54, 1.807) is 0 Å². The van der Waals surface area contributed by atoms with Gasteiger partial charge in [-0.05, 0) is 33.1 Å². The third-order valence-electron chi connectivity index (χ3n) is 2.49. The molecule has 0 saturated carbocycles. The number of hydrogen-bond donors (Lipinski definition) is 3. The largest absolute Gasteiger partial charge is 0.396 e. The number of rotatable bonds is 3. The maximum Gasteiger partial charge on any atom is 0.108 e. The Kier molecular flexibility index (Phi) is 3.09. The van der Waals surface area contributed by atoms with Crippen molar-refractivity contribution in [3.05, 3.63) is 0 Å². The summed E-state index contributed by atoms with van der Waals surface area (Å²) in [5, 5.41) is 21.3. The first-order chi connectivity index (χ1) is 5.55. The van der Waals surface area contributed by atoms with Crippen LogP contribution in [0.15, 0.2) is 0 Å². The third-order valence-corrected chi connectivity index (χ3v) is 2.49. The van der Waals surface area contributed by atoms with Gasteiger partial charge in [0.05, 0.1) is 0 Å². The summed E-state index contributed by atoms with van der Waals surface area (Å²) in [7, 11) is 0. The van der Waals surface area contributed by atoms with Crippen molar-refractivity contribution in [2.45, 2.75) is 44.9 Å². The van der Waals surface area contributed by atoms with Crippen molar-refractivity contribution in [2.75, 3.05) is 6.61 Å². The molecule has 1 heterocycles. The first-order valence-corrected chi connectivity index (χ1v) is 4.62. The highest BCUT2D eigenvalue weighted by molar-refractivity contribution is 4.91. The molecular formula is C9H19NO2. The van der Waals surface area contributed by atoms with Crippen LogP contribution in [-0.4, -0.2) is 28.6 Å². The van der Waals surface area contributed by atoms with E-state index < -0.39 is 0 Å². The van der Waals surface area contributed by atoms with Crippen LogP contribution in [0.25, 0.3) is 0 Å². The van der Waals surface area contributed by atoms with Crippen LogP contribution in [0.4, 0.5) is 0 Å². The number of nitrogens with one attached hydrogen (secondary N) is 1. The lowest BCUT2D eigenvalue weighted by Gasteiger charge is -2.17. The molecule has 1 fully saturated rings. The second kappa shape index (κ2) is 3.73. The van der Waals surface area contributed by atoms with Crippen molar-refractivity contribution < 1.29 is 10.2 Å². The first-order valence-electron chi connectivity index (χ1n) is 4.62. The van der Waals surface area contributed by atoms with Gasteiger partial charge in [-0.15, -0.1) is 0 Å². The highest BCUT2D eigenvalue weighted by Gasteiger charge is 2.36. The van der Waals surface area contributed by atoms with E-state index >= 15 is 0 Å². The van der Waals surface area contributed by atoms with E-state index in [1.807, 2.05) is 0 Å². The van der Waals surface area contributed by atoms with Crippen LogP contribution >= 0.6 is 0 Å². The van der Waals surface area contributed by atoms with E-state index in [1.165, 1.54) is 0 Å². The maximum absolute atomic E-state index is 9.56. The van der Waals surface area contributed by atoms with Crippen molar-refractivity contribution in [3.8, 4) is 0 Å². The van der Waals surface area contributed by atoms with Gasteiger partial charge in [-0.3, -0.25) is 5.32 Å². The molecular weight excluding hydrogens is 154 g/mol. The van der Waals surface area contributed by atoms with E-state index in [9.17, 15) is 5.11 Å². The normalized spacial score (nSPS) is 34.0. The summed E-state index contributed by atoms with van der Waals surface area (Å²) in [6.07, 6.45) is 2.31. The number of hydrogen-bond acceptors (Lipinski definition) is 3. The lowest BCUT2D eigenvalue weighted by Crippen LogP contribution is -2.37. The van der Waals surface area contributed by atoms with Crippen LogP contribution in [0.3, 0.4) is 0 Å². The first kappa shape index (κ1) is 9.96. The Hall–Kier alpha value is -0.120. The molecule has 0 aromatic carbocycles. The molecule has 1 saturated heterocycles. The second-order valence-electron chi connectivity index (χ2n) is 4.30. The van der Waals surface area contributed by atoms with E-state index in [2.05, 4.69) is 19.2 Å². The Morgan fingerprint density at radius 3 is 2.58 bits per heavy atom. The van der Waals surface area contributed by atoms with Crippen LogP contribution < -0.4 is 5.32 Å². The average Bonchev–Trinajstić information content (AvgIpc) is 2.20. The molecule has 0 spiro atoms. The van der Waals surface area contributed by atoms with E-state index in [0.29, 0.717) is 5.92 Å². The zero-order valence-electron chi connectivity index (χ0n) is 7.88. The summed E-state index contributed by atoms with van der Waals surface area (Å²) in [6.45, 7) is 4.41. The van der Waals surface area contributed by atoms with Crippen LogP contribution in [0.5, 0.6) is 0 Å². The molecule has 0 bridgehead atoms. The SMILES string of the molecule is CC1(C)CC(CCCO)C(O)N1. The van der Waals surface area contributed by atoms with Crippen molar-refractivity contribution in [3.63, 3.8) is 0 Å². The molecule has 72 valence electrons. The molecule has 12 heavy (non-hydrogen) atoms. The Bertz CT molecular complexity index is 147. The summed E-state index contributed by atoms with van der Waals surface area (Å²) in [5.41, 5.74) is 0.0551. The van der Waals surface area contributed by atoms with Crippen molar-refractivity contribution in [1.82, 2.24) is 5.32 Å². The molecule has 0 aromatic heterocycles. The van der Waals surface area contributed by atoms with Gasteiger partial charge in [0, 0.05) is 18.1 Å². The predicted octanol–water partition coefficient (Wildman–Crippen LogP) is 0.465. The van der Waals surface area contributed by atoms with Gasteiger partial charge in [0.2, 0.25) is 0 Å². The molecule has 2 unspecified atom stereocenters. The molecule has 3 nitrogen and oxygen atoms in total. The topological polar surface area (TPSA) is 52.5 Å². The quantitative estimate of drug-likeness (QED) is 0.581. The Balaban J connectivity index is 2.36. The van der Waals surface area contributed by atoms with Crippen molar-refractivity contribution in [2.24, 2.45) is 5.92 Å². The monoisotopic (exact) mass is 173 g/mol. The molecule has 0 aliphatic carbocycles. The second-order valence-corrected chi connectivity index (χ2v) is 4.30. The van der Waals surface area contributed by atoms with E-state index in [0.717, 1.165) is 19.3 Å². The number of aliphatic hydroxyl groups excluding tert-OH is 2. The van der Waals surface area contributed by atoms with Crippen molar-refractivity contribution in [1.29, 1.82) is 0 Å². The summed E-state index contributed by atoms with van der Waals surface area (Å²) < 4.78 is 0. The van der Waals surface area contributed by atoms with Crippen LogP contribution in [0, 0.1) is 5.92 Å². The lowest BCUT2D eigenvalue weighted by molar-refractivity contribution is 0.0986. The molecule has 1 rings (SSSR count). The zero-order chi connectivity index (χ0) is 9.19. The predicted molar refractivity (Wildman–Crippen MR) is 47.6 cm³/mol. The fourth-order valence-corrected chi connectivity index (χ4v) is 1.96. The van der Waals surface area contributed by atoms with Gasteiger partial charge in [-0.1, -0.05) is 0 Å². The van der Waals surface area contributed by atoms with Gasteiger partial charge in [0.1, 0.15) is 6.23 Å². The lowest BCUT2D eigenvalue weighted by atomic mass is 9.93. The van der Waals surface area contributed by atoms with Gasteiger partial charge in [-0.25, -0.2) is 0 Å². The third kappa shape index (κ3) is 2.44. The summed E-state index contributed by atoms with van der Waals surface area (Å²) in [5.74, 6) is 0.312. The Morgan fingerprint density at radius 1 is 1.50 bits per heavy atom. The Labute approximate surface area is 73.8 Å². The Morgan fingerprint density at radius 2 is 2.17 bits per heavy atom. The minimum absolute atomic E-state index is 0.0551. The van der Waals surface area contributed by atoms with Crippen LogP contribution in [0.2, 0.25) is 0 Å².